The topological polar surface area (TPSA) is 56.0 Å². The number of benzene rings is 1. The van der Waals surface area contributed by atoms with Gasteiger partial charge in [-0.15, -0.1) is 0 Å². The minimum atomic E-state index is 0.202. The third-order valence-corrected chi connectivity index (χ3v) is 3.71. The average molecular weight is 282 g/mol. The van der Waals surface area contributed by atoms with E-state index in [-0.39, 0.29) is 11.7 Å². The predicted octanol–water partition coefficient (Wildman–Crippen LogP) is 3.53. The van der Waals surface area contributed by atoms with Gasteiger partial charge in [0.15, 0.2) is 0 Å². The number of aryl methyl sites for hydroxylation is 1. The maximum absolute atomic E-state index is 12.2. The minimum absolute atomic E-state index is 0.202. The Bertz CT molecular complexity index is 588. The van der Waals surface area contributed by atoms with Crippen LogP contribution >= 0.6 is 0 Å². The molecule has 21 heavy (non-hydrogen) atoms. The van der Waals surface area contributed by atoms with E-state index in [2.05, 4.69) is 18.8 Å². The molecule has 0 fully saturated rings. The summed E-state index contributed by atoms with van der Waals surface area (Å²) >= 11 is 0. The van der Waals surface area contributed by atoms with E-state index in [9.17, 15) is 4.79 Å². The van der Waals surface area contributed by atoms with Crippen LogP contribution in [0.25, 0.3) is 0 Å². The molecule has 3 nitrogen and oxygen atoms in total. The smallest absolute Gasteiger partial charge is 0.139 e. The van der Waals surface area contributed by atoms with Gasteiger partial charge in [0.25, 0.3) is 0 Å². The summed E-state index contributed by atoms with van der Waals surface area (Å²) in [5.74, 6) is 0.420. The number of rotatable bonds is 6. The second-order valence-corrected chi connectivity index (χ2v) is 5.50. The number of hydrogen-bond donors (Lipinski definition) is 1. The number of anilines is 1. The normalized spacial score (nSPS) is 12.1. The molecule has 110 valence electrons. The third kappa shape index (κ3) is 4.42. The van der Waals surface area contributed by atoms with E-state index in [0.29, 0.717) is 12.8 Å². The van der Waals surface area contributed by atoms with Gasteiger partial charge in [-0.3, -0.25) is 9.78 Å². The number of aromatic nitrogens is 1. The summed E-state index contributed by atoms with van der Waals surface area (Å²) in [6.45, 7) is 4.16. The largest absolute Gasteiger partial charge is 0.399 e. The molecule has 1 aromatic carbocycles. The number of Topliss-reactive ketones (excluding diaryl/α,β-unsaturated/α-hetero) is 1. The van der Waals surface area contributed by atoms with Gasteiger partial charge >= 0.3 is 0 Å². The Kier molecular flexibility index (Phi) is 5.09. The second kappa shape index (κ2) is 7.02. The Morgan fingerprint density at radius 2 is 1.90 bits per heavy atom. The number of nitrogen functional groups attached to an aromatic ring is 1. The molecule has 1 aromatic heterocycles. The molecule has 0 aliphatic heterocycles. The van der Waals surface area contributed by atoms with Crippen LogP contribution in [0, 0.1) is 0 Å². The molecule has 2 rings (SSSR count). The van der Waals surface area contributed by atoms with Crippen molar-refractivity contribution in [3.63, 3.8) is 0 Å². The first kappa shape index (κ1) is 15.2. The molecule has 0 aliphatic carbocycles. The first-order valence-corrected chi connectivity index (χ1v) is 7.39. The third-order valence-electron chi connectivity index (χ3n) is 3.71. The van der Waals surface area contributed by atoms with Crippen molar-refractivity contribution in [2.75, 3.05) is 5.73 Å². The molecule has 0 bridgehead atoms. The maximum atomic E-state index is 12.2. The van der Waals surface area contributed by atoms with Gasteiger partial charge in [-0.1, -0.05) is 32.0 Å². The molecule has 0 radical (unpaired) electrons. The number of carbonyl (C=O) groups is 1. The van der Waals surface area contributed by atoms with Crippen LogP contribution in [-0.4, -0.2) is 10.8 Å². The average Bonchev–Trinajstić information content (AvgIpc) is 2.48. The van der Waals surface area contributed by atoms with Gasteiger partial charge in [0, 0.05) is 30.4 Å². The van der Waals surface area contributed by atoms with Gasteiger partial charge < -0.3 is 5.73 Å². The number of ketones is 1. The number of nitrogens with two attached hydrogens (primary N) is 1. The highest BCUT2D eigenvalue weighted by Crippen LogP contribution is 2.21. The molecule has 2 N–H and O–H groups in total. The lowest BCUT2D eigenvalue weighted by Crippen LogP contribution is -2.08. The summed E-state index contributed by atoms with van der Waals surface area (Å²) < 4.78 is 0. The standard InChI is InChI=1S/C18H22N2O/c1-3-14-4-9-17(20-12-14)11-18(21)10-13(2)15-5-7-16(19)8-6-15/h4-9,12-13H,3,10-11,19H2,1-2H3. The van der Waals surface area contributed by atoms with Gasteiger partial charge in [0.1, 0.15) is 5.78 Å². The van der Waals surface area contributed by atoms with Crippen LogP contribution in [0.2, 0.25) is 0 Å². The van der Waals surface area contributed by atoms with Crippen molar-refractivity contribution in [2.24, 2.45) is 0 Å². The Morgan fingerprint density at radius 3 is 2.48 bits per heavy atom. The van der Waals surface area contributed by atoms with E-state index in [1.165, 1.54) is 5.56 Å². The first-order valence-electron chi connectivity index (χ1n) is 7.39. The Hall–Kier alpha value is -2.16. The van der Waals surface area contributed by atoms with Gasteiger partial charge in [-0.25, -0.2) is 0 Å². The predicted molar refractivity (Wildman–Crippen MR) is 86.2 cm³/mol. The highest BCUT2D eigenvalue weighted by molar-refractivity contribution is 5.81. The highest BCUT2D eigenvalue weighted by Gasteiger charge is 2.12. The van der Waals surface area contributed by atoms with Crippen molar-refractivity contribution in [1.82, 2.24) is 4.98 Å². The molecule has 2 aromatic rings. The number of pyridine rings is 1. The molecular weight excluding hydrogens is 260 g/mol. The lowest BCUT2D eigenvalue weighted by Gasteiger charge is -2.11. The van der Waals surface area contributed by atoms with Crippen molar-refractivity contribution in [3.8, 4) is 0 Å². The fourth-order valence-electron chi connectivity index (χ4n) is 2.33. The summed E-state index contributed by atoms with van der Waals surface area (Å²) in [6, 6.07) is 11.7. The van der Waals surface area contributed by atoms with Crippen LogP contribution in [0.15, 0.2) is 42.6 Å². The maximum Gasteiger partial charge on any atom is 0.139 e. The molecule has 3 heteroatoms. The number of nitrogens with zero attached hydrogens (tertiary/aromatic N) is 1. The lowest BCUT2D eigenvalue weighted by molar-refractivity contribution is -0.118. The van der Waals surface area contributed by atoms with Crippen LogP contribution in [-0.2, 0) is 17.6 Å². The van der Waals surface area contributed by atoms with E-state index < -0.39 is 0 Å². The van der Waals surface area contributed by atoms with E-state index in [1.807, 2.05) is 42.6 Å². The quantitative estimate of drug-likeness (QED) is 0.825. The fraction of sp³-hybridized carbons (Fsp3) is 0.333. The van der Waals surface area contributed by atoms with E-state index >= 15 is 0 Å². The molecule has 0 saturated heterocycles. The first-order chi connectivity index (χ1) is 10.1. The van der Waals surface area contributed by atoms with Crippen LogP contribution in [0.3, 0.4) is 0 Å². The van der Waals surface area contributed by atoms with Gasteiger partial charge in [0.05, 0.1) is 0 Å². The van der Waals surface area contributed by atoms with Crippen molar-refractivity contribution < 1.29 is 4.79 Å². The summed E-state index contributed by atoms with van der Waals surface area (Å²) in [5.41, 5.74) is 9.62. The SMILES string of the molecule is CCc1ccc(CC(=O)CC(C)c2ccc(N)cc2)nc1. The summed E-state index contributed by atoms with van der Waals surface area (Å²) in [4.78, 5) is 16.5. The molecular formula is C18H22N2O. The molecule has 1 unspecified atom stereocenters. The minimum Gasteiger partial charge on any atom is -0.399 e. The Balaban J connectivity index is 1.92. The van der Waals surface area contributed by atoms with E-state index in [0.717, 1.165) is 23.4 Å². The zero-order chi connectivity index (χ0) is 15.2. The number of carbonyl (C=O) groups excluding carboxylic acids is 1. The zero-order valence-electron chi connectivity index (χ0n) is 12.7. The van der Waals surface area contributed by atoms with E-state index in [4.69, 9.17) is 5.73 Å². The van der Waals surface area contributed by atoms with Crippen molar-refractivity contribution in [3.05, 3.63) is 59.4 Å². The lowest BCUT2D eigenvalue weighted by atomic mass is 9.94. The zero-order valence-corrected chi connectivity index (χ0v) is 12.7. The van der Waals surface area contributed by atoms with Gasteiger partial charge in [-0.05, 0) is 41.7 Å². The summed E-state index contributed by atoms with van der Waals surface area (Å²) in [6.07, 6.45) is 3.76. The van der Waals surface area contributed by atoms with Gasteiger partial charge in [-0.2, -0.15) is 0 Å². The fourth-order valence-corrected chi connectivity index (χ4v) is 2.33. The molecule has 1 heterocycles. The van der Waals surface area contributed by atoms with E-state index in [1.54, 1.807) is 0 Å². The molecule has 0 saturated carbocycles. The van der Waals surface area contributed by atoms with Crippen molar-refractivity contribution in [2.45, 2.75) is 39.0 Å². The van der Waals surface area contributed by atoms with Crippen LogP contribution in [0.1, 0.15) is 43.0 Å². The van der Waals surface area contributed by atoms with Crippen LogP contribution in [0.4, 0.5) is 5.69 Å². The van der Waals surface area contributed by atoms with Crippen LogP contribution < -0.4 is 5.73 Å². The van der Waals surface area contributed by atoms with Crippen molar-refractivity contribution in [1.29, 1.82) is 0 Å². The second-order valence-electron chi connectivity index (χ2n) is 5.50. The number of hydrogen-bond acceptors (Lipinski definition) is 3. The molecule has 0 amide bonds. The summed E-state index contributed by atoms with van der Waals surface area (Å²) in [5, 5.41) is 0. The Morgan fingerprint density at radius 1 is 1.19 bits per heavy atom. The summed E-state index contributed by atoms with van der Waals surface area (Å²) in [7, 11) is 0. The molecule has 1 atom stereocenters. The van der Waals surface area contributed by atoms with Crippen molar-refractivity contribution >= 4 is 11.5 Å². The van der Waals surface area contributed by atoms with Gasteiger partial charge in [0.2, 0.25) is 0 Å². The van der Waals surface area contributed by atoms with Crippen LogP contribution in [0.5, 0.6) is 0 Å². The molecule has 0 aliphatic rings. The monoisotopic (exact) mass is 282 g/mol. The highest BCUT2D eigenvalue weighted by atomic mass is 16.1. The Labute approximate surface area is 126 Å². The molecule has 0 spiro atoms.